The maximum absolute atomic E-state index is 4.35. The first-order valence-corrected chi connectivity index (χ1v) is 5.68. The molecule has 0 saturated carbocycles. The van der Waals surface area contributed by atoms with Gasteiger partial charge in [-0.15, -0.1) is 0 Å². The minimum atomic E-state index is 1.14. The van der Waals surface area contributed by atoms with Crippen molar-refractivity contribution < 1.29 is 4.90 Å². The zero-order chi connectivity index (χ0) is 9.64. The Balaban J connectivity index is 1.76. The Bertz CT molecular complexity index is 252. The van der Waals surface area contributed by atoms with Crippen molar-refractivity contribution in [1.82, 2.24) is 4.98 Å². The van der Waals surface area contributed by atoms with Gasteiger partial charge in [-0.25, -0.2) is 0 Å². The van der Waals surface area contributed by atoms with Crippen LogP contribution >= 0.6 is 0 Å². The van der Waals surface area contributed by atoms with Crippen LogP contribution in [0.25, 0.3) is 0 Å². The first-order valence-electron chi connectivity index (χ1n) is 5.68. The number of likely N-dealkylation sites (tertiary alicyclic amines) is 1. The van der Waals surface area contributed by atoms with Gasteiger partial charge in [-0.3, -0.25) is 4.98 Å². The van der Waals surface area contributed by atoms with Crippen molar-refractivity contribution in [2.45, 2.75) is 25.7 Å². The van der Waals surface area contributed by atoms with Gasteiger partial charge in [0.1, 0.15) is 0 Å². The van der Waals surface area contributed by atoms with E-state index in [2.05, 4.69) is 17.1 Å². The fraction of sp³-hybridized carbons (Fsp3) is 0.583. The molecule has 2 nitrogen and oxygen atoms in total. The average Bonchev–Trinajstić information content (AvgIpc) is 2.29. The van der Waals surface area contributed by atoms with Gasteiger partial charge >= 0.3 is 0 Å². The predicted octanol–water partition coefficient (Wildman–Crippen LogP) is 0.693. The smallest absolute Gasteiger partial charge is 0.0827 e. The SMILES string of the molecule is c1ccc(CC[NH+]2CCCCC2)nc1. The number of nitrogens with one attached hydrogen (secondary N) is 1. The Labute approximate surface area is 86.0 Å². The zero-order valence-corrected chi connectivity index (χ0v) is 8.71. The largest absolute Gasteiger partial charge is 0.335 e. The number of quaternary nitrogens is 1. The maximum Gasteiger partial charge on any atom is 0.0827 e. The van der Waals surface area contributed by atoms with Crippen LogP contribution in [0.1, 0.15) is 25.0 Å². The number of aromatic nitrogens is 1. The van der Waals surface area contributed by atoms with Crippen LogP contribution in [-0.2, 0) is 6.42 Å². The summed E-state index contributed by atoms with van der Waals surface area (Å²) in [5.74, 6) is 0. The molecular formula is C12H19N2+. The van der Waals surface area contributed by atoms with Crippen molar-refractivity contribution in [3.8, 4) is 0 Å². The van der Waals surface area contributed by atoms with Crippen molar-refractivity contribution >= 4 is 0 Å². The predicted molar refractivity (Wildman–Crippen MR) is 57.4 cm³/mol. The van der Waals surface area contributed by atoms with Crippen molar-refractivity contribution in [3.05, 3.63) is 30.1 Å². The summed E-state index contributed by atoms with van der Waals surface area (Å²) in [6.45, 7) is 4.00. The lowest BCUT2D eigenvalue weighted by atomic mass is 10.1. The summed E-state index contributed by atoms with van der Waals surface area (Å²) in [6, 6.07) is 6.19. The molecular weight excluding hydrogens is 172 g/mol. The summed E-state index contributed by atoms with van der Waals surface area (Å²) in [5.41, 5.74) is 1.24. The lowest BCUT2D eigenvalue weighted by Gasteiger charge is -2.23. The van der Waals surface area contributed by atoms with Gasteiger partial charge in [0.25, 0.3) is 0 Å². The Hall–Kier alpha value is -0.890. The first-order chi connectivity index (χ1) is 6.95. The summed E-state index contributed by atoms with van der Waals surface area (Å²) in [4.78, 5) is 6.12. The minimum Gasteiger partial charge on any atom is -0.335 e. The Morgan fingerprint density at radius 2 is 2.00 bits per heavy atom. The van der Waals surface area contributed by atoms with Crippen LogP contribution in [0.15, 0.2) is 24.4 Å². The Kier molecular flexibility index (Phi) is 3.52. The fourth-order valence-electron chi connectivity index (χ4n) is 2.15. The molecule has 76 valence electrons. The van der Waals surface area contributed by atoms with Gasteiger partial charge in [0, 0.05) is 18.3 Å². The summed E-state index contributed by atoms with van der Waals surface area (Å²) < 4.78 is 0. The molecule has 1 aliphatic rings. The molecule has 2 heteroatoms. The van der Waals surface area contributed by atoms with Crippen LogP contribution in [-0.4, -0.2) is 24.6 Å². The lowest BCUT2D eigenvalue weighted by molar-refractivity contribution is -0.904. The third-order valence-corrected chi connectivity index (χ3v) is 3.02. The van der Waals surface area contributed by atoms with E-state index in [0.717, 1.165) is 6.42 Å². The zero-order valence-electron chi connectivity index (χ0n) is 8.71. The van der Waals surface area contributed by atoms with Crippen LogP contribution in [0.5, 0.6) is 0 Å². The Morgan fingerprint density at radius 3 is 2.71 bits per heavy atom. The molecule has 1 N–H and O–H groups in total. The highest BCUT2D eigenvalue weighted by Crippen LogP contribution is 1.96. The quantitative estimate of drug-likeness (QED) is 0.744. The van der Waals surface area contributed by atoms with Gasteiger partial charge in [0.2, 0.25) is 0 Å². The van der Waals surface area contributed by atoms with Crippen LogP contribution in [0.3, 0.4) is 0 Å². The van der Waals surface area contributed by atoms with Gasteiger partial charge in [-0.05, 0) is 31.4 Å². The maximum atomic E-state index is 4.35. The molecule has 0 amide bonds. The molecule has 0 spiro atoms. The number of rotatable bonds is 3. The summed E-state index contributed by atoms with van der Waals surface area (Å²) in [6.07, 6.45) is 7.29. The second-order valence-electron chi connectivity index (χ2n) is 4.13. The molecule has 1 aromatic heterocycles. The molecule has 0 unspecified atom stereocenters. The van der Waals surface area contributed by atoms with E-state index in [1.807, 2.05) is 12.3 Å². The van der Waals surface area contributed by atoms with Crippen LogP contribution < -0.4 is 4.90 Å². The number of hydrogen-bond acceptors (Lipinski definition) is 1. The number of nitrogens with zero attached hydrogens (tertiary/aromatic N) is 1. The molecule has 0 aromatic carbocycles. The molecule has 0 atom stereocenters. The molecule has 0 radical (unpaired) electrons. The van der Waals surface area contributed by atoms with E-state index in [1.165, 1.54) is 44.6 Å². The first kappa shape index (κ1) is 9.66. The highest BCUT2D eigenvalue weighted by Gasteiger charge is 2.12. The average molecular weight is 191 g/mol. The fourth-order valence-corrected chi connectivity index (χ4v) is 2.15. The molecule has 2 rings (SSSR count). The van der Waals surface area contributed by atoms with E-state index in [9.17, 15) is 0 Å². The van der Waals surface area contributed by atoms with Gasteiger partial charge in [0.05, 0.1) is 19.6 Å². The summed E-state index contributed by atoms with van der Waals surface area (Å²) in [5, 5.41) is 0. The number of hydrogen-bond donors (Lipinski definition) is 1. The van der Waals surface area contributed by atoms with E-state index >= 15 is 0 Å². The molecule has 1 aliphatic heterocycles. The molecule has 0 bridgehead atoms. The molecule has 14 heavy (non-hydrogen) atoms. The van der Waals surface area contributed by atoms with Gasteiger partial charge in [-0.1, -0.05) is 6.07 Å². The van der Waals surface area contributed by atoms with E-state index in [-0.39, 0.29) is 0 Å². The number of pyridine rings is 1. The summed E-state index contributed by atoms with van der Waals surface area (Å²) >= 11 is 0. The third-order valence-electron chi connectivity index (χ3n) is 3.02. The topological polar surface area (TPSA) is 17.3 Å². The highest BCUT2D eigenvalue weighted by molar-refractivity contribution is 5.03. The molecule has 1 fully saturated rings. The standard InChI is InChI=1S/C12H18N2/c1-4-9-14(10-5-1)11-7-12-6-2-3-8-13-12/h2-3,6,8H,1,4-5,7,9-11H2/p+1. The van der Waals surface area contributed by atoms with Crippen molar-refractivity contribution in [2.24, 2.45) is 0 Å². The van der Waals surface area contributed by atoms with Gasteiger partial charge < -0.3 is 4.90 Å². The van der Waals surface area contributed by atoms with Crippen molar-refractivity contribution in [1.29, 1.82) is 0 Å². The molecule has 0 aliphatic carbocycles. The van der Waals surface area contributed by atoms with Gasteiger partial charge in [-0.2, -0.15) is 0 Å². The van der Waals surface area contributed by atoms with Crippen LogP contribution in [0, 0.1) is 0 Å². The van der Waals surface area contributed by atoms with E-state index in [0.29, 0.717) is 0 Å². The van der Waals surface area contributed by atoms with E-state index in [4.69, 9.17) is 0 Å². The van der Waals surface area contributed by atoms with Crippen molar-refractivity contribution in [2.75, 3.05) is 19.6 Å². The van der Waals surface area contributed by atoms with Gasteiger partial charge in [0.15, 0.2) is 0 Å². The minimum absolute atomic E-state index is 1.14. The Morgan fingerprint density at radius 1 is 1.14 bits per heavy atom. The molecule has 2 heterocycles. The monoisotopic (exact) mass is 191 g/mol. The second kappa shape index (κ2) is 5.11. The number of piperidine rings is 1. The second-order valence-corrected chi connectivity index (χ2v) is 4.13. The van der Waals surface area contributed by atoms with E-state index in [1.54, 1.807) is 4.90 Å². The highest BCUT2D eigenvalue weighted by atomic mass is 15.1. The summed E-state index contributed by atoms with van der Waals surface area (Å²) in [7, 11) is 0. The van der Waals surface area contributed by atoms with Crippen molar-refractivity contribution in [3.63, 3.8) is 0 Å². The van der Waals surface area contributed by atoms with Crippen LogP contribution in [0.2, 0.25) is 0 Å². The lowest BCUT2D eigenvalue weighted by Crippen LogP contribution is -3.13. The molecule has 1 saturated heterocycles. The van der Waals surface area contributed by atoms with Crippen LogP contribution in [0.4, 0.5) is 0 Å². The third kappa shape index (κ3) is 2.81. The molecule has 1 aromatic rings. The normalized spacial score (nSPS) is 18.3. The van der Waals surface area contributed by atoms with E-state index < -0.39 is 0 Å².